The highest BCUT2D eigenvalue weighted by Crippen LogP contribution is 2.29. The molecule has 0 bridgehead atoms. The molecule has 2 rings (SSSR count). The molecular weight excluding hydrogens is 282 g/mol. The van der Waals surface area contributed by atoms with Crippen LogP contribution in [0.3, 0.4) is 0 Å². The Labute approximate surface area is 117 Å². The summed E-state index contributed by atoms with van der Waals surface area (Å²) in [6, 6.07) is 4.68. The minimum atomic E-state index is -3.53. The van der Waals surface area contributed by atoms with Gasteiger partial charge in [-0.1, -0.05) is 0 Å². The summed E-state index contributed by atoms with van der Waals surface area (Å²) in [5.41, 5.74) is 0.210. The molecule has 1 aromatic rings. The van der Waals surface area contributed by atoms with Gasteiger partial charge in [0.1, 0.15) is 16.7 Å². The molecule has 1 aliphatic carbocycles. The van der Waals surface area contributed by atoms with E-state index < -0.39 is 10.0 Å². The Hall–Kier alpha value is -1.10. The normalized spacial score (nSPS) is 23.2. The van der Waals surface area contributed by atoms with Gasteiger partial charge in [-0.15, -0.1) is 0 Å². The smallest absolute Gasteiger partial charge is 0.242 e. The number of hydrogen-bond donors (Lipinski definition) is 1. The molecule has 1 fully saturated rings. The molecule has 0 aliphatic heterocycles. The Bertz CT molecular complexity index is 578. The zero-order chi connectivity index (χ0) is 13.9. The van der Waals surface area contributed by atoms with Crippen molar-refractivity contribution in [2.24, 2.45) is 0 Å². The maximum absolute atomic E-state index is 12.1. The molecule has 1 aliphatic rings. The molecule has 1 saturated carbocycles. The third-order valence-electron chi connectivity index (χ3n) is 3.20. The van der Waals surface area contributed by atoms with E-state index in [9.17, 15) is 8.42 Å². The average Bonchev–Trinajstić information content (AvgIpc) is 2.85. The van der Waals surface area contributed by atoms with Crippen LogP contribution in [0.25, 0.3) is 0 Å². The van der Waals surface area contributed by atoms with Crippen LogP contribution >= 0.6 is 11.8 Å². The monoisotopic (exact) mass is 297 g/mol. The van der Waals surface area contributed by atoms with Gasteiger partial charge in [-0.05, 0) is 37.7 Å². The van der Waals surface area contributed by atoms with Gasteiger partial charge in [0.15, 0.2) is 0 Å². The maximum atomic E-state index is 12.1. The van der Waals surface area contributed by atoms with E-state index in [4.69, 9.17) is 5.26 Å². The molecule has 1 N–H and O–H groups in total. The number of thioether (sulfide) groups is 1. The van der Waals surface area contributed by atoms with E-state index in [1.807, 2.05) is 12.3 Å². The average molecular weight is 297 g/mol. The van der Waals surface area contributed by atoms with Crippen molar-refractivity contribution in [3.05, 3.63) is 24.0 Å². The Morgan fingerprint density at radius 2 is 2.26 bits per heavy atom. The van der Waals surface area contributed by atoms with Gasteiger partial charge in [0.25, 0.3) is 0 Å². The van der Waals surface area contributed by atoms with Crippen molar-refractivity contribution in [3.8, 4) is 6.07 Å². The molecule has 2 unspecified atom stereocenters. The number of nitriles is 1. The quantitative estimate of drug-likeness (QED) is 0.911. The van der Waals surface area contributed by atoms with Gasteiger partial charge in [-0.25, -0.2) is 18.1 Å². The second kappa shape index (κ2) is 5.90. The molecular formula is C12H15N3O2S2. The van der Waals surface area contributed by atoms with Gasteiger partial charge in [0, 0.05) is 17.5 Å². The summed E-state index contributed by atoms with van der Waals surface area (Å²) in [7, 11) is -3.53. The van der Waals surface area contributed by atoms with Crippen LogP contribution in [0.1, 0.15) is 25.0 Å². The minimum absolute atomic E-state index is 0.00177. The van der Waals surface area contributed by atoms with E-state index in [0.717, 1.165) is 19.3 Å². The van der Waals surface area contributed by atoms with E-state index in [0.29, 0.717) is 5.25 Å². The predicted molar refractivity (Wildman–Crippen MR) is 74.2 cm³/mol. The maximum Gasteiger partial charge on any atom is 0.242 e. The molecule has 19 heavy (non-hydrogen) atoms. The zero-order valence-corrected chi connectivity index (χ0v) is 12.2. The first kappa shape index (κ1) is 14.3. The lowest BCUT2D eigenvalue weighted by molar-refractivity contribution is 0.552. The fraction of sp³-hybridized carbons (Fsp3) is 0.500. The molecule has 2 atom stereocenters. The molecule has 0 aromatic carbocycles. The molecule has 0 saturated heterocycles. The lowest BCUT2D eigenvalue weighted by Crippen LogP contribution is -2.33. The standard InChI is InChI=1S/C12H15N3O2S2/c1-18-11-4-2-9(6-11)15-19(16,17)12-5-3-10(7-13)14-8-12/h3,5,8-9,11,15H,2,4,6H2,1H3. The summed E-state index contributed by atoms with van der Waals surface area (Å²) >= 11 is 1.78. The van der Waals surface area contributed by atoms with Crippen molar-refractivity contribution in [2.45, 2.75) is 35.4 Å². The van der Waals surface area contributed by atoms with Crippen LogP contribution in [0.15, 0.2) is 23.2 Å². The number of rotatable bonds is 4. The molecule has 1 heterocycles. The minimum Gasteiger partial charge on any atom is -0.244 e. The number of sulfonamides is 1. The van der Waals surface area contributed by atoms with Gasteiger partial charge in [0.2, 0.25) is 10.0 Å². The van der Waals surface area contributed by atoms with Gasteiger partial charge < -0.3 is 0 Å². The summed E-state index contributed by atoms with van der Waals surface area (Å²) in [4.78, 5) is 3.90. The predicted octanol–water partition coefficient (Wildman–Crippen LogP) is 1.52. The highest BCUT2D eigenvalue weighted by atomic mass is 32.2. The topological polar surface area (TPSA) is 82.9 Å². The number of pyridine rings is 1. The summed E-state index contributed by atoms with van der Waals surface area (Å²) in [6.45, 7) is 0. The Kier molecular flexibility index (Phi) is 4.45. The number of aromatic nitrogens is 1. The molecule has 0 amide bonds. The largest absolute Gasteiger partial charge is 0.244 e. The van der Waals surface area contributed by atoms with Crippen molar-refractivity contribution in [1.82, 2.24) is 9.71 Å². The van der Waals surface area contributed by atoms with Crippen LogP contribution in [0.5, 0.6) is 0 Å². The fourth-order valence-corrected chi connectivity index (χ4v) is 4.18. The van der Waals surface area contributed by atoms with Crippen LogP contribution in [0.4, 0.5) is 0 Å². The lowest BCUT2D eigenvalue weighted by Gasteiger charge is -2.13. The Morgan fingerprint density at radius 3 is 2.79 bits per heavy atom. The van der Waals surface area contributed by atoms with Gasteiger partial charge >= 0.3 is 0 Å². The van der Waals surface area contributed by atoms with Crippen LogP contribution < -0.4 is 4.72 Å². The highest BCUT2D eigenvalue weighted by molar-refractivity contribution is 7.99. The van der Waals surface area contributed by atoms with Crippen molar-refractivity contribution >= 4 is 21.8 Å². The Morgan fingerprint density at radius 1 is 1.47 bits per heavy atom. The van der Waals surface area contributed by atoms with Crippen LogP contribution in [-0.2, 0) is 10.0 Å². The van der Waals surface area contributed by atoms with Crippen molar-refractivity contribution in [2.75, 3.05) is 6.26 Å². The molecule has 102 valence electrons. The van der Waals surface area contributed by atoms with E-state index in [1.54, 1.807) is 11.8 Å². The second-order valence-corrected chi connectivity index (χ2v) is 7.33. The molecule has 7 heteroatoms. The van der Waals surface area contributed by atoms with Crippen molar-refractivity contribution < 1.29 is 8.42 Å². The first-order valence-corrected chi connectivity index (χ1v) is 8.73. The molecule has 0 spiro atoms. The fourth-order valence-electron chi connectivity index (χ4n) is 2.15. The van der Waals surface area contributed by atoms with Crippen LogP contribution in [0.2, 0.25) is 0 Å². The zero-order valence-electron chi connectivity index (χ0n) is 10.5. The Balaban J connectivity index is 2.08. The number of hydrogen-bond acceptors (Lipinski definition) is 5. The third-order valence-corrected chi connectivity index (χ3v) is 5.80. The third kappa shape index (κ3) is 3.47. The second-order valence-electron chi connectivity index (χ2n) is 4.48. The molecule has 5 nitrogen and oxygen atoms in total. The first-order valence-electron chi connectivity index (χ1n) is 5.96. The summed E-state index contributed by atoms with van der Waals surface area (Å²) in [5, 5.41) is 9.17. The summed E-state index contributed by atoms with van der Waals surface area (Å²) in [6.07, 6.45) is 6.05. The highest BCUT2D eigenvalue weighted by Gasteiger charge is 2.28. The lowest BCUT2D eigenvalue weighted by atomic mass is 10.3. The van der Waals surface area contributed by atoms with Gasteiger partial charge in [0.05, 0.1) is 0 Å². The van der Waals surface area contributed by atoms with E-state index in [2.05, 4.69) is 9.71 Å². The van der Waals surface area contributed by atoms with Crippen molar-refractivity contribution in [1.29, 1.82) is 5.26 Å². The SMILES string of the molecule is CSC1CCC(NS(=O)(=O)c2ccc(C#N)nc2)C1. The molecule has 0 radical (unpaired) electrons. The van der Waals surface area contributed by atoms with Crippen LogP contribution in [0, 0.1) is 11.3 Å². The van der Waals surface area contributed by atoms with Gasteiger partial charge in [-0.3, -0.25) is 0 Å². The van der Waals surface area contributed by atoms with E-state index in [1.165, 1.54) is 18.3 Å². The summed E-state index contributed by atoms with van der Waals surface area (Å²) in [5.74, 6) is 0. The van der Waals surface area contributed by atoms with E-state index >= 15 is 0 Å². The van der Waals surface area contributed by atoms with E-state index in [-0.39, 0.29) is 16.6 Å². The van der Waals surface area contributed by atoms with Gasteiger partial charge in [-0.2, -0.15) is 17.0 Å². The number of nitrogens with zero attached hydrogens (tertiary/aromatic N) is 2. The number of nitrogens with one attached hydrogen (secondary N) is 1. The summed E-state index contributed by atoms with van der Waals surface area (Å²) < 4.78 is 27.0. The first-order chi connectivity index (χ1) is 9.05. The van der Waals surface area contributed by atoms with Crippen molar-refractivity contribution in [3.63, 3.8) is 0 Å². The molecule has 1 aromatic heterocycles. The van der Waals surface area contributed by atoms with Crippen LogP contribution in [-0.4, -0.2) is 30.9 Å².